The first kappa shape index (κ1) is 13.5. The predicted octanol–water partition coefficient (Wildman–Crippen LogP) is 2.31. The number of carbonyl (C=O) groups excluding carboxylic acids is 1. The van der Waals surface area contributed by atoms with Crippen molar-refractivity contribution in [1.82, 2.24) is 4.90 Å². The topological polar surface area (TPSA) is 29.5 Å². The van der Waals surface area contributed by atoms with Gasteiger partial charge in [-0.05, 0) is 31.1 Å². The number of rotatable bonds is 2. The molecule has 0 aliphatic carbocycles. The minimum Gasteiger partial charge on any atom is -0.372 e. The summed E-state index contributed by atoms with van der Waals surface area (Å²) < 4.78 is 5.07. The monoisotopic (exact) mass is 227 g/mol. The van der Waals surface area contributed by atoms with Crippen molar-refractivity contribution in [2.75, 3.05) is 20.2 Å². The molecule has 1 fully saturated rings. The minimum absolute atomic E-state index is 0.134. The van der Waals surface area contributed by atoms with Crippen LogP contribution in [0.1, 0.15) is 40.5 Å². The molecular weight excluding hydrogens is 202 g/mol. The summed E-state index contributed by atoms with van der Waals surface area (Å²) in [5, 5.41) is 0. The van der Waals surface area contributed by atoms with Gasteiger partial charge in [-0.15, -0.1) is 0 Å². The van der Waals surface area contributed by atoms with Crippen LogP contribution in [0.25, 0.3) is 0 Å². The maximum atomic E-state index is 11.9. The summed E-state index contributed by atoms with van der Waals surface area (Å²) in [6.07, 6.45) is 1.93. The van der Waals surface area contributed by atoms with Crippen molar-refractivity contribution in [2.24, 2.45) is 11.3 Å². The second-order valence-electron chi connectivity index (χ2n) is 5.84. The maximum absolute atomic E-state index is 11.9. The number of hydrogen-bond acceptors (Lipinski definition) is 2. The summed E-state index contributed by atoms with van der Waals surface area (Å²) in [5.41, 5.74) is 0.363. The maximum Gasteiger partial charge on any atom is 0.251 e. The Morgan fingerprint density at radius 2 is 1.81 bits per heavy atom. The Morgan fingerprint density at radius 1 is 1.31 bits per heavy atom. The molecule has 1 aliphatic heterocycles. The first-order chi connectivity index (χ1) is 7.36. The quantitative estimate of drug-likeness (QED) is 0.724. The van der Waals surface area contributed by atoms with Gasteiger partial charge in [0, 0.05) is 20.2 Å². The summed E-state index contributed by atoms with van der Waals surface area (Å²) in [4.78, 5) is 13.8. The number of amides is 1. The van der Waals surface area contributed by atoms with Crippen LogP contribution in [0, 0.1) is 11.3 Å². The van der Waals surface area contributed by atoms with E-state index in [9.17, 15) is 4.79 Å². The van der Waals surface area contributed by atoms with E-state index in [1.165, 1.54) is 0 Å². The summed E-state index contributed by atoms with van der Waals surface area (Å²) in [5.74, 6) is 0.865. The molecule has 0 bridgehead atoms. The third-order valence-corrected chi connectivity index (χ3v) is 3.73. The van der Waals surface area contributed by atoms with Crippen molar-refractivity contribution in [3.63, 3.8) is 0 Å². The Morgan fingerprint density at radius 3 is 2.19 bits per heavy atom. The Balaban J connectivity index is 2.46. The van der Waals surface area contributed by atoms with E-state index < -0.39 is 0 Å². The van der Waals surface area contributed by atoms with Gasteiger partial charge in [0.25, 0.3) is 5.91 Å². The fraction of sp³-hybridized carbons (Fsp3) is 0.923. The van der Waals surface area contributed by atoms with E-state index in [0.29, 0.717) is 5.41 Å². The number of nitrogens with zero attached hydrogens (tertiary/aromatic N) is 1. The largest absolute Gasteiger partial charge is 0.372 e. The van der Waals surface area contributed by atoms with Gasteiger partial charge in [0.1, 0.15) is 6.10 Å². The highest BCUT2D eigenvalue weighted by Gasteiger charge is 2.31. The molecule has 1 unspecified atom stereocenters. The molecule has 0 aromatic carbocycles. The molecule has 1 amide bonds. The van der Waals surface area contributed by atoms with Crippen molar-refractivity contribution >= 4 is 5.91 Å². The van der Waals surface area contributed by atoms with Crippen molar-refractivity contribution < 1.29 is 9.53 Å². The van der Waals surface area contributed by atoms with E-state index in [4.69, 9.17) is 4.74 Å². The molecule has 0 spiro atoms. The zero-order chi connectivity index (χ0) is 12.3. The second kappa shape index (κ2) is 5.17. The summed E-state index contributed by atoms with van der Waals surface area (Å²) >= 11 is 0. The van der Waals surface area contributed by atoms with Gasteiger partial charge in [0.15, 0.2) is 0 Å². The molecule has 0 N–H and O–H groups in total. The Kier molecular flexibility index (Phi) is 4.36. The lowest BCUT2D eigenvalue weighted by Gasteiger charge is -2.39. The number of piperidine rings is 1. The average Bonchev–Trinajstić information content (AvgIpc) is 2.26. The molecule has 94 valence electrons. The van der Waals surface area contributed by atoms with Crippen LogP contribution in [0.3, 0.4) is 0 Å². The van der Waals surface area contributed by atoms with Crippen molar-refractivity contribution in [3.8, 4) is 0 Å². The number of carbonyl (C=O) groups is 1. The van der Waals surface area contributed by atoms with Gasteiger partial charge in [-0.1, -0.05) is 20.8 Å². The van der Waals surface area contributed by atoms with Crippen molar-refractivity contribution in [2.45, 2.75) is 46.6 Å². The molecule has 0 radical (unpaired) electrons. The standard InChI is InChI=1S/C13H25NO2/c1-10(16-5)12(15)14-8-6-11(7-9-14)13(2,3)4/h10-11H,6-9H2,1-5H3. The highest BCUT2D eigenvalue weighted by molar-refractivity contribution is 5.80. The summed E-state index contributed by atoms with van der Waals surface area (Å²) in [6.45, 7) is 10.4. The zero-order valence-electron chi connectivity index (χ0n) is 11.2. The molecule has 1 rings (SSSR count). The van der Waals surface area contributed by atoms with E-state index in [2.05, 4.69) is 20.8 Å². The van der Waals surface area contributed by atoms with Gasteiger partial charge in [-0.2, -0.15) is 0 Å². The molecule has 0 aromatic rings. The Hall–Kier alpha value is -0.570. The molecule has 3 heteroatoms. The Bertz CT molecular complexity index is 237. The van der Waals surface area contributed by atoms with E-state index in [1.807, 2.05) is 11.8 Å². The van der Waals surface area contributed by atoms with Crippen LogP contribution in [0.15, 0.2) is 0 Å². The lowest BCUT2D eigenvalue weighted by atomic mass is 9.75. The van der Waals surface area contributed by atoms with Gasteiger partial charge >= 0.3 is 0 Å². The Labute approximate surface area is 99.1 Å². The molecule has 3 nitrogen and oxygen atoms in total. The van der Waals surface area contributed by atoms with E-state index in [1.54, 1.807) is 7.11 Å². The minimum atomic E-state index is -0.300. The van der Waals surface area contributed by atoms with Crippen LogP contribution in [0.4, 0.5) is 0 Å². The number of hydrogen-bond donors (Lipinski definition) is 0. The average molecular weight is 227 g/mol. The van der Waals surface area contributed by atoms with Crippen molar-refractivity contribution in [3.05, 3.63) is 0 Å². The van der Waals surface area contributed by atoms with Gasteiger partial charge < -0.3 is 9.64 Å². The first-order valence-electron chi connectivity index (χ1n) is 6.18. The van der Waals surface area contributed by atoms with Crippen LogP contribution in [0.5, 0.6) is 0 Å². The van der Waals surface area contributed by atoms with E-state index in [-0.39, 0.29) is 12.0 Å². The highest BCUT2D eigenvalue weighted by atomic mass is 16.5. The van der Waals surface area contributed by atoms with Gasteiger partial charge in [0.2, 0.25) is 0 Å². The smallest absolute Gasteiger partial charge is 0.251 e. The third-order valence-electron chi connectivity index (χ3n) is 3.73. The first-order valence-corrected chi connectivity index (χ1v) is 6.18. The summed E-state index contributed by atoms with van der Waals surface area (Å²) in [7, 11) is 1.59. The van der Waals surface area contributed by atoms with Crippen LogP contribution < -0.4 is 0 Å². The highest BCUT2D eigenvalue weighted by Crippen LogP contribution is 2.34. The lowest BCUT2D eigenvalue weighted by Crippen LogP contribution is -2.45. The second-order valence-corrected chi connectivity index (χ2v) is 5.84. The number of likely N-dealkylation sites (tertiary alicyclic amines) is 1. The SMILES string of the molecule is COC(C)C(=O)N1CCC(C(C)(C)C)CC1. The van der Waals surface area contributed by atoms with Crippen LogP contribution in [-0.4, -0.2) is 37.1 Å². The van der Waals surface area contributed by atoms with Gasteiger partial charge in [-0.25, -0.2) is 0 Å². The van der Waals surface area contributed by atoms with E-state index in [0.717, 1.165) is 31.8 Å². The lowest BCUT2D eigenvalue weighted by molar-refractivity contribution is -0.142. The molecule has 1 aliphatic rings. The fourth-order valence-electron chi connectivity index (χ4n) is 2.32. The predicted molar refractivity (Wildman–Crippen MR) is 65.2 cm³/mol. The molecule has 1 atom stereocenters. The van der Waals surface area contributed by atoms with E-state index >= 15 is 0 Å². The van der Waals surface area contributed by atoms with Gasteiger partial charge in [0.05, 0.1) is 0 Å². The molecule has 1 saturated heterocycles. The van der Waals surface area contributed by atoms with Crippen LogP contribution in [-0.2, 0) is 9.53 Å². The van der Waals surface area contributed by atoms with Crippen molar-refractivity contribution in [1.29, 1.82) is 0 Å². The molecular formula is C13H25NO2. The van der Waals surface area contributed by atoms with Gasteiger partial charge in [-0.3, -0.25) is 4.79 Å². The molecule has 0 aromatic heterocycles. The number of methoxy groups -OCH3 is 1. The van der Waals surface area contributed by atoms with Crippen LogP contribution in [0.2, 0.25) is 0 Å². The fourth-order valence-corrected chi connectivity index (χ4v) is 2.32. The van der Waals surface area contributed by atoms with Crippen LogP contribution >= 0.6 is 0 Å². The molecule has 1 heterocycles. The molecule has 16 heavy (non-hydrogen) atoms. The summed E-state index contributed by atoms with van der Waals surface area (Å²) in [6, 6.07) is 0. The normalized spacial score (nSPS) is 20.9. The number of ether oxygens (including phenoxy) is 1. The molecule has 0 saturated carbocycles. The third kappa shape index (κ3) is 3.21. The zero-order valence-corrected chi connectivity index (χ0v) is 11.2.